The maximum Gasteiger partial charge on any atom is 0.511 e. The van der Waals surface area contributed by atoms with Crippen molar-refractivity contribution in [2.75, 3.05) is 0 Å². The van der Waals surface area contributed by atoms with Crippen molar-refractivity contribution in [3.8, 4) is 11.4 Å². The van der Waals surface area contributed by atoms with Crippen molar-refractivity contribution in [3.63, 3.8) is 0 Å². The monoisotopic (exact) mass is 353 g/mol. The number of halogens is 4. The molecule has 0 aliphatic heterocycles. The molecule has 1 aromatic heterocycles. The number of pyridine rings is 1. The van der Waals surface area contributed by atoms with Gasteiger partial charge in [0.1, 0.15) is 5.82 Å². The maximum atomic E-state index is 14.3. The molecule has 0 saturated heterocycles. The Morgan fingerprint density at radius 3 is 2.44 bits per heavy atom. The second-order valence-electron chi connectivity index (χ2n) is 4.92. The van der Waals surface area contributed by atoms with Crippen LogP contribution in [0.1, 0.15) is 0 Å². The predicted octanol–water partition coefficient (Wildman–Crippen LogP) is 3.60. The summed E-state index contributed by atoms with van der Waals surface area (Å²) in [6, 6.07) is 4.97. The van der Waals surface area contributed by atoms with Gasteiger partial charge in [-0.2, -0.15) is 0 Å². The lowest BCUT2D eigenvalue weighted by molar-refractivity contribution is 0.144. The topological polar surface area (TPSA) is 68.5 Å². The first kappa shape index (κ1) is 16.5. The van der Waals surface area contributed by atoms with E-state index in [4.69, 9.17) is 5.11 Å². The molecule has 0 aliphatic rings. The van der Waals surface area contributed by atoms with Crippen LogP contribution in [0.4, 0.5) is 22.4 Å². The number of aromatic nitrogens is 1. The predicted molar refractivity (Wildman–Crippen MR) is 78.0 cm³/mol. The molecule has 1 N–H and O–H groups in total. The zero-order valence-corrected chi connectivity index (χ0v) is 12.1. The van der Waals surface area contributed by atoms with Crippen molar-refractivity contribution in [1.29, 1.82) is 0 Å². The maximum absolute atomic E-state index is 14.3. The van der Waals surface area contributed by atoms with Gasteiger partial charge < -0.3 is 14.4 Å². The Bertz CT molecular complexity index is 1080. The molecule has 0 aliphatic carbocycles. The summed E-state index contributed by atoms with van der Waals surface area (Å²) in [5.41, 5.74) is -1.92. The molecule has 0 unspecified atom stereocenters. The summed E-state index contributed by atoms with van der Waals surface area (Å²) in [6.07, 6.45) is -1.08. The molecule has 0 saturated carbocycles. The average molecular weight is 353 g/mol. The smallest absolute Gasteiger partial charge is 0.449 e. The van der Waals surface area contributed by atoms with Crippen LogP contribution < -0.4 is 10.2 Å². The second kappa shape index (κ2) is 5.93. The number of hydrogen-bond acceptors (Lipinski definition) is 3. The molecule has 128 valence electrons. The number of carboxylic acid groups (broad SMARTS) is 1. The fourth-order valence-electron chi connectivity index (χ4n) is 2.36. The van der Waals surface area contributed by atoms with E-state index < -0.39 is 51.5 Å². The molecule has 0 radical (unpaired) electrons. The van der Waals surface area contributed by atoms with Crippen LogP contribution >= 0.6 is 0 Å². The molecule has 9 heteroatoms. The van der Waals surface area contributed by atoms with E-state index in [2.05, 4.69) is 4.74 Å². The van der Waals surface area contributed by atoms with Crippen LogP contribution in [-0.4, -0.2) is 15.8 Å². The summed E-state index contributed by atoms with van der Waals surface area (Å²) in [6.45, 7) is 0. The number of ether oxygens (including phenoxy) is 1. The van der Waals surface area contributed by atoms with Gasteiger partial charge in [0.25, 0.3) is 0 Å². The van der Waals surface area contributed by atoms with Crippen molar-refractivity contribution in [3.05, 3.63) is 70.0 Å². The van der Waals surface area contributed by atoms with Crippen LogP contribution in [0.3, 0.4) is 0 Å². The van der Waals surface area contributed by atoms with Crippen LogP contribution in [0, 0.1) is 23.3 Å². The van der Waals surface area contributed by atoms with E-state index in [0.717, 1.165) is 22.9 Å². The summed E-state index contributed by atoms with van der Waals surface area (Å²) in [5, 5.41) is 8.02. The molecule has 0 fully saturated rings. The Morgan fingerprint density at radius 1 is 1.08 bits per heavy atom. The van der Waals surface area contributed by atoms with Gasteiger partial charge in [-0.25, -0.2) is 22.4 Å². The van der Waals surface area contributed by atoms with E-state index in [1.165, 1.54) is 12.1 Å². The first-order valence-corrected chi connectivity index (χ1v) is 6.69. The van der Waals surface area contributed by atoms with Gasteiger partial charge in [-0.05, 0) is 24.3 Å². The fraction of sp³-hybridized carbons (Fsp3) is 0. The van der Waals surface area contributed by atoms with Crippen LogP contribution in [-0.2, 0) is 0 Å². The first-order valence-electron chi connectivity index (χ1n) is 6.69. The van der Waals surface area contributed by atoms with Crippen LogP contribution in [0.2, 0.25) is 0 Å². The molecule has 0 spiro atoms. The van der Waals surface area contributed by atoms with E-state index >= 15 is 0 Å². The zero-order valence-electron chi connectivity index (χ0n) is 12.1. The molecule has 0 amide bonds. The van der Waals surface area contributed by atoms with Crippen LogP contribution in [0.15, 0.2) is 41.3 Å². The van der Waals surface area contributed by atoms with Crippen molar-refractivity contribution >= 4 is 17.1 Å². The number of rotatable bonds is 2. The van der Waals surface area contributed by atoms with E-state index in [-0.39, 0.29) is 5.69 Å². The quantitative estimate of drug-likeness (QED) is 0.434. The van der Waals surface area contributed by atoms with Gasteiger partial charge >= 0.3 is 6.16 Å². The Morgan fingerprint density at radius 2 is 1.80 bits per heavy atom. The summed E-state index contributed by atoms with van der Waals surface area (Å²) in [4.78, 5) is 22.9. The van der Waals surface area contributed by atoms with Crippen molar-refractivity contribution in [2.24, 2.45) is 0 Å². The van der Waals surface area contributed by atoms with E-state index in [0.29, 0.717) is 6.07 Å². The first-order chi connectivity index (χ1) is 11.8. The van der Waals surface area contributed by atoms with Gasteiger partial charge in [-0.15, -0.1) is 0 Å². The number of benzene rings is 2. The molecule has 2 aromatic carbocycles. The average Bonchev–Trinajstić information content (AvgIpc) is 2.55. The highest BCUT2D eigenvalue weighted by Gasteiger charge is 2.22. The number of hydrogen-bond donors (Lipinski definition) is 1. The molecule has 1 heterocycles. The highest BCUT2D eigenvalue weighted by Crippen LogP contribution is 2.26. The second-order valence-corrected chi connectivity index (χ2v) is 4.92. The molecule has 5 nitrogen and oxygen atoms in total. The Balaban J connectivity index is 2.49. The summed E-state index contributed by atoms with van der Waals surface area (Å²) in [5.74, 6) is -6.66. The minimum atomic E-state index is -1.84. The zero-order chi connectivity index (χ0) is 18.3. The lowest BCUT2D eigenvalue weighted by Crippen LogP contribution is -2.17. The highest BCUT2D eigenvalue weighted by atomic mass is 19.2. The third kappa shape index (κ3) is 2.80. The number of carbonyl (C=O) groups is 1. The molecule has 0 bridgehead atoms. The third-order valence-corrected chi connectivity index (χ3v) is 3.38. The molecule has 0 atom stereocenters. The van der Waals surface area contributed by atoms with Gasteiger partial charge in [-0.1, -0.05) is 6.07 Å². The minimum absolute atomic E-state index is 0.0647. The standard InChI is InChI=1S/C16H7F4NO4/c17-7-2-1-3-8(4-7)21-6-11(25-16(23)24)15(22)9-5-10(18)12(19)13(20)14(9)21/h1-6H,(H,23,24). The fourth-order valence-corrected chi connectivity index (χ4v) is 2.36. The lowest BCUT2D eigenvalue weighted by Gasteiger charge is -2.14. The highest BCUT2D eigenvalue weighted by molar-refractivity contribution is 5.83. The Labute approximate surface area is 136 Å². The normalized spacial score (nSPS) is 10.9. The Hall–Kier alpha value is -3.36. The molecule has 3 rings (SSSR count). The SMILES string of the molecule is O=C(O)Oc1cn(-c2cccc(F)c2)c2c(F)c(F)c(F)cc2c1=O. The van der Waals surface area contributed by atoms with Gasteiger partial charge in [0.05, 0.1) is 17.1 Å². The van der Waals surface area contributed by atoms with Crippen LogP contribution in [0.25, 0.3) is 16.6 Å². The molecular formula is C16H7F4NO4. The largest absolute Gasteiger partial charge is 0.511 e. The molecular weight excluding hydrogens is 346 g/mol. The van der Waals surface area contributed by atoms with Gasteiger partial charge in [0.15, 0.2) is 23.2 Å². The minimum Gasteiger partial charge on any atom is -0.449 e. The van der Waals surface area contributed by atoms with Crippen LogP contribution in [0.5, 0.6) is 5.75 Å². The summed E-state index contributed by atoms with van der Waals surface area (Å²) >= 11 is 0. The third-order valence-electron chi connectivity index (χ3n) is 3.38. The van der Waals surface area contributed by atoms with E-state index in [1.807, 2.05) is 0 Å². The molecule has 25 heavy (non-hydrogen) atoms. The van der Waals surface area contributed by atoms with Gasteiger partial charge in [0, 0.05) is 5.69 Å². The van der Waals surface area contributed by atoms with Crippen molar-refractivity contribution in [2.45, 2.75) is 0 Å². The summed E-state index contributed by atoms with van der Waals surface area (Å²) in [7, 11) is 0. The van der Waals surface area contributed by atoms with Gasteiger partial charge in [-0.3, -0.25) is 4.79 Å². The Kier molecular flexibility index (Phi) is 3.91. The van der Waals surface area contributed by atoms with E-state index in [9.17, 15) is 27.2 Å². The van der Waals surface area contributed by atoms with Crippen molar-refractivity contribution in [1.82, 2.24) is 4.57 Å². The number of fused-ring (bicyclic) bond motifs is 1. The van der Waals surface area contributed by atoms with Gasteiger partial charge in [0.2, 0.25) is 5.43 Å². The number of nitrogens with zero attached hydrogens (tertiary/aromatic N) is 1. The molecule has 3 aromatic rings. The van der Waals surface area contributed by atoms with E-state index in [1.54, 1.807) is 0 Å². The lowest BCUT2D eigenvalue weighted by atomic mass is 10.1. The van der Waals surface area contributed by atoms with Crippen molar-refractivity contribution < 1.29 is 32.2 Å². The summed E-state index contributed by atoms with van der Waals surface area (Å²) < 4.78 is 59.9.